The zero-order valence-electron chi connectivity index (χ0n) is 20.0. The highest BCUT2D eigenvalue weighted by molar-refractivity contribution is 14.1. The highest BCUT2D eigenvalue weighted by atomic mass is 127. The van der Waals surface area contributed by atoms with Crippen LogP contribution in [0, 0.1) is 3.57 Å². The van der Waals surface area contributed by atoms with E-state index < -0.39 is 0 Å². The number of ether oxygens (including phenoxy) is 2. The molecule has 0 saturated carbocycles. The smallest absolute Gasteiger partial charge is 0.270 e. The maximum absolute atomic E-state index is 13.3. The fourth-order valence-corrected chi connectivity index (χ4v) is 5.76. The summed E-state index contributed by atoms with van der Waals surface area (Å²) in [6.45, 7) is 2.80. The van der Waals surface area contributed by atoms with Crippen molar-refractivity contribution < 1.29 is 14.3 Å². The number of nitrogens with zero attached hydrogens (tertiary/aromatic N) is 2. The van der Waals surface area contributed by atoms with Gasteiger partial charge in [0.15, 0.2) is 15.8 Å². The minimum Gasteiger partial charge on any atom is -0.490 e. The second kappa shape index (κ2) is 11.9. The van der Waals surface area contributed by atoms with E-state index in [2.05, 4.69) is 22.6 Å². The van der Waals surface area contributed by atoms with Gasteiger partial charge < -0.3 is 14.4 Å². The molecule has 1 aliphatic rings. The number of thioether (sulfide) groups is 1. The van der Waals surface area contributed by atoms with Gasteiger partial charge >= 0.3 is 0 Å². The molecule has 0 radical (unpaired) electrons. The third-order valence-electron chi connectivity index (χ3n) is 5.34. The van der Waals surface area contributed by atoms with Gasteiger partial charge in [0.2, 0.25) is 0 Å². The number of anilines is 2. The number of halogens is 2. The maximum atomic E-state index is 13.3. The topological polar surface area (TPSA) is 42.0 Å². The Balaban J connectivity index is 1.57. The molecule has 0 unspecified atom stereocenters. The van der Waals surface area contributed by atoms with Crippen LogP contribution in [0.15, 0.2) is 65.6 Å². The first-order chi connectivity index (χ1) is 17.3. The molecule has 1 saturated heterocycles. The van der Waals surface area contributed by atoms with E-state index in [-0.39, 0.29) is 5.91 Å². The molecule has 4 rings (SSSR count). The Kier molecular flexibility index (Phi) is 8.82. The molecule has 1 heterocycles. The Labute approximate surface area is 239 Å². The fraction of sp³-hybridized carbons (Fsp3) is 0.185. The van der Waals surface area contributed by atoms with Gasteiger partial charge in [0.1, 0.15) is 6.61 Å². The summed E-state index contributed by atoms with van der Waals surface area (Å²) in [7, 11) is 3.95. The number of amides is 1. The van der Waals surface area contributed by atoms with Crippen molar-refractivity contribution >= 4 is 85.9 Å². The zero-order valence-corrected chi connectivity index (χ0v) is 24.5. The maximum Gasteiger partial charge on any atom is 0.270 e. The lowest BCUT2D eigenvalue weighted by Gasteiger charge is -2.17. The summed E-state index contributed by atoms with van der Waals surface area (Å²) in [4.78, 5) is 17.4. The lowest BCUT2D eigenvalue weighted by atomic mass is 10.1. The van der Waals surface area contributed by atoms with Crippen LogP contribution in [0.1, 0.15) is 18.1 Å². The number of carbonyl (C=O) groups is 1. The van der Waals surface area contributed by atoms with Gasteiger partial charge in [-0.1, -0.05) is 47.7 Å². The SMILES string of the molecule is CCOc1cc(/C=C2/SC(=S)N(c3ccc(N(C)C)cc3)C2=O)cc(I)c1OCc1ccc(Cl)cc1. The minimum absolute atomic E-state index is 0.140. The van der Waals surface area contributed by atoms with Gasteiger partial charge in [0, 0.05) is 24.8 Å². The summed E-state index contributed by atoms with van der Waals surface area (Å²) in [5, 5.41) is 0.684. The van der Waals surface area contributed by atoms with E-state index in [1.54, 1.807) is 4.90 Å². The second-order valence-electron chi connectivity index (χ2n) is 8.11. The highest BCUT2D eigenvalue weighted by Gasteiger charge is 2.33. The van der Waals surface area contributed by atoms with Crippen molar-refractivity contribution in [2.45, 2.75) is 13.5 Å². The zero-order chi connectivity index (χ0) is 25.8. The van der Waals surface area contributed by atoms with Gasteiger partial charge in [-0.25, -0.2) is 0 Å². The number of thiocarbonyl (C=S) groups is 1. The highest BCUT2D eigenvalue weighted by Crippen LogP contribution is 2.39. The quantitative estimate of drug-likeness (QED) is 0.144. The standard InChI is InChI=1S/C27H24ClIN2O3S2/c1-4-33-23-14-18(13-22(29)25(23)34-16-17-5-7-19(28)8-6-17)15-24-26(32)31(27(35)36-24)21-11-9-20(10-12-21)30(2)3/h5-15H,4,16H2,1-3H3/b24-15+. The third kappa shape index (κ3) is 6.16. The normalized spacial score (nSPS) is 14.5. The Morgan fingerprint density at radius 1 is 1.08 bits per heavy atom. The van der Waals surface area contributed by atoms with E-state index in [0.29, 0.717) is 39.0 Å². The van der Waals surface area contributed by atoms with Gasteiger partial charge in [-0.3, -0.25) is 9.69 Å². The van der Waals surface area contributed by atoms with E-state index >= 15 is 0 Å². The van der Waals surface area contributed by atoms with Gasteiger partial charge in [0.25, 0.3) is 5.91 Å². The molecule has 0 atom stereocenters. The first kappa shape index (κ1) is 26.8. The van der Waals surface area contributed by atoms with Gasteiger partial charge in [-0.05, 0) is 95.2 Å². The molecule has 186 valence electrons. The van der Waals surface area contributed by atoms with Crippen LogP contribution in [0.5, 0.6) is 11.5 Å². The molecule has 0 aliphatic carbocycles. The summed E-state index contributed by atoms with van der Waals surface area (Å²) in [5.41, 5.74) is 3.65. The first-order valence-electron chi connectivity index (χ1n) is 11.2. The van der Waals surface area contributed by atoms with E-state index in [4.69, 9.17) is 33.3 Å². The average molecular weight is 651 g/mol. The lowest BCUT2D eigenvalue weighted by molar-refractivity contribution is -0.113. The molecule has 9 heteroatoms. The molecule has 36 heavy (non-hydrogen) atoms. The van der Waals surface area contributed by atoms with Gasteiger partial charge in [-0.15, -0.1) is 0 Å². The number of hydrogen-bond donors (Lipinski definition) is 0. The van der Waals surface area contributed by atoms with Crippen molar-refractivity contribution in [3.8, 4) is 11.5 Å². The Morgan fingerprint density at radius 2 is 1.78 bits per heavy atom. The molecule has 0 N–H and O–H groups in total. The summed E-state index contributed by atoms with van der Waals surface area (Å²) < 4.78 is 13.4. The minimum atomic E-state index is -0.140. The Hall–Kier alpha value is -2.27. The van der Waals surface area contributed by atoms with E-state index in [9.17, 15) is 4.79 Å². The van der Waals surface area contributed by atoms with Crippen molar-refractivity contribution in [3.63, 3.8) is 0 Å². The van der Waals surface area contributed by atoms with Gasteiger partial charge in [0.05, 0.1) is 20.8 Å². The second-order valence-corrected chi connectivity index (χ2v) is 11.4. The predicted molar refractivity (Wildman–Crippen MR) is 163 cm³/mol. The first-order valence-corrected chi connectivity index (χ1v) is 13.8. The van der Waals surface area contributed by atoms with E-state index in [1.807, 2.05) is 92.7 Å². The molecule has 3 aromatic carbocycles. The van der Waals surface area contributed by atoms with E-state index in [0.717, 1.165) is 26.1 Å². The Morgan fingerprint density at radius 3 is 2.42 bits per heavy atom. The van der Waals surface area contributed by atoms with Crippen molar-refractivity contribution in [2.24, 2.45) is 0 Å². The molecular formula is C27H24ClIN2O3S2. The van der Waals surface area contributed by atoms with Crippen LogP contribution in [-0.2, 0) is 11.4 Å². The summed E-state index contributed by atoms with van der Waals surface area (Å²) in [5.74, 6) is 1.15. The van der Waals surface area contributed by atoms with E-state index in [1.165, 1.54) is 11.8 Å². The lowest BCUT2D eigenvalue weighted by Crippen LogP contribution is -2.27. The van der Waals surface area contributed by atoms with Crippen LogP contribution in [0.4, 0.5) is 11.4 Å². The van der Waals surface area contributed by atoms with Gasteiger partial charge in [-0.2, -0.15) is 0 Å². The molecule has 1 aliphatic heterocycles. The van der Waals surface area contributed by atoms with Crippen LogP contribution in [0.3, 0.4) is 0 Å². The number of carbonyl (C=O) groups excluding carboxylic acids is 1. The molecule has 0 spiro atoms. The Bertz CT molecular complexity index is 1310. The molecule has 3 aromatic rings. The van der Waals surface area contributed by atoms with Crippen LogP contribution in [0.2, 0.25) is 5.02 Å². The van der Waals surface area contributed by atoms with Crippen molar-refractivity contribution in [1.29, 1.82) is 0 Å². The average Bonchev–Trinajstić information content (AvgIpc) is 3.12. The summed E-state index contributed by atoms with van der Waals surface area (Å²) >= 11 is 15.0. The van der Waals surface area contributed by atoms with Crippen LogP contribution < -0.4 is 19.3 Å². The number of benzene rings is 3. The van der Waals surface area contributed by atoms with Crippen LogP contribution >= 0.6 is 58.2 Å². The largest absolute Gasteiger partial charge is 0.490 e. The monoisotopic (exact) mass is 650 g/mol. The molecule has 5 nitrogen and oxygen atoms in total. The number of hydrogen-bond acceptors (Lipinski definition) is 6. The van der Waals surface area contributed by atoms with Crippen LogP contribution in [-0.4, -0.2) is 30.9 Å². The van der Waals surface area contributed by atoms with Crippen LogP contribution in [0.25, 0.3) is 6.08 Å². The third-order valence-corrected chi connectivity index (χ3v) is 7.70. The van der Waals surface area contributed by atoms with Crippen molar-refractivity contribution in [1.82, 2.24) is 0 Å². The predicted octanol–water partition coefficient (Wildman–Crippen LogP) is 7.39. The molecule has 0 bridgehead atoms. The molecule has 1 amide bonds. The van der Waals surface area contributed by atoms with Crippen molar-refractivity contribution in [3.05, 3.63) is 85.3 Å². The molecule has 1 fully saturated rings. The fourth-order valence-electron chi connectivity index (χ4n) is 3.55. The molecule has 0 aromatic heterocycles. The summed E-state index contributed by atoms with van der Waals surface area (Å²) in [6, 6.07) is 19.2. The molecular weight excluding hydrogens is 627 g/mol. The summed E-state index contributed by atoms with van der Waals surface area (Å²) in [6.07, 6.45) is 1.85. The van der Waals surface area contributed by atoms with Crippen molar-refractivity contribution in [2.75, 3.05) is 30.5 Å². The number of rotatable bonds is 8.